The number of carbonyl (C=O) groups is 2. The van der Waals surface area contributed by atoms with Crippen molar-refractivity contribution in [1.82, 2.24) is 15.4 Å². The Kier molecular flexibility index (Phi) is 9.06. The molecule has 2 N–H and O–H groups in total. The van der Waals surface area contributed by atoms with Crippen LogP contribution in [-0.2, 0) is 16.0 Å². The topological polar surface area (TPSA) is 95.0 Å². The highest BCUT2D eigenvalue weighted by molar-refractivity contribution is 5.85. The zero-order chi connectivity index (χ0) is 23.6. The van der Waals surface area contributed by atoms with Crippen molar-refractivity contribution in [2.24, 2.45) is 5.92 Å². The Hall–Kier alpha value is -3.13. The van der Waals surface area contributed by atoms with Crippen molar-refractivity contribution in [2.75, 3.05) is 37.7 Å². The molecule has 33 heavy (non-hydrogen) atoms. The lowest BCUT2D eigenvalue weighted by atomic mass is 9.94. The third-order valence-corrected chi connectivity index (χ3v) is 5.97. The van der Waals surface area contributed by atoms with Crippen molar-refractivity contribution in [3.05, 3.63) is 53.7 Å². The third kappa shape index (κ3) is 7.18. The molecular formula is C25H34N4O4. The summed E-state index contributed by atoms with van der Waals surface area (Å²) < 4.78 is 5.47. The molecule has 1 aromatic carbocycles. The highest BCUT2D eigenvalue weighted by atomic mass is 16.5. The molecule has 1 fully saturated rings. The lowest BCUT2D eigenvalue weighted by Crippen LogP contribution is -2.51. The molecule has 1 unspecified atom stereocenters. The predicted octanol–water partition coefficient (Wildman–Crippen LogP) is 2.97. The van der Waals surface area contributed by atoms with Gasteiger partial charge in [0.2, 0.25) is 11.8 Å². The standard InChI is InChI=1S/C25H34N4O4/c1-3-33-22-10-8-20(9-11-22)5-4-6-21(17-24(30)27-32)25(31)29-15-13-28(14-16-29)23-12-7-19(2)18-26-23/h7-12,18,21,32H,3-6,13-17H2,1-2H3,(H,27,30). The van der Waals surface area contributed by atoms with Crippen LogP contribution < -0.4 is 15.1 Å². The summed E-state index contributed by atoms with van der Waals surface area (Å²) in [6.45, 7) is 7.17. The van der Waals surface area contributed by atoms with Crippen molar-refractivity contribution in [1.29, 1.82) is 0 Å². The molecule has 1 atom stereocenters. The second kappa shape index (κ2) is 12.2. The van der Waals surface area contributed by atoms with E-state index in [-0.39, 0.29) is 12.3 Å². The van der Waals surface area contributed by atoms with E-state index in [0.717, 1.165) is 35.5 Å². The second-order valence-electron chi connectivity index (χ2n) is 8.41. The second-order valence-corrected chi connectivity index (χ2v) is 8.41. The van der Waals surface area contributed by atoms with Gasteiger partial charge in [-0.2, -0.15) is 0 Å². The molecule has 0 radical (unpaired) electrons. The van der Waals surface area contributed by atoms with Crippen molar-refractivity contribution >= 4 is 17.6 Å². The van der Waals surface area contributed by atoms with E-state index in [0.29, 0.717) is 39.2 Å². The van der Waals surface area contributed by atoms with Gasteiger partial charge in [0.1, 0.15) is 11.6 Å². The molecule has 1 aromatic heterocycles. The van der Waals surface area contributed by atoms with Gasteiger partial charge < -0.3 is 14.5 Å². The minimum atomic E-state index is -0.531. The van der Waals surface area contributed by atoms with Crippen LogP contribution in [0.2, 0.25) is 0 Å². The molecule has 1 saturated heterocycles. The fourth-order valence-electron chi connectivity index (χ4n) is 4.12. The fourth-order valence-corrected chi connectivity index (χ4v) is 4.12. The summed E-state index contributed by atoms with van der Waals surface area (Å²) in [5.41, 5.74) is 3.95. The van der Waals surface area contributed by atoms with E-state index < -0.39 is 11.8 Å². The summed E-state index contributed by atoms with van der Waals surface area (Å²) in [4.78, 5) is 33.5. The zero-order valence-corrected chi connectivity index (χ0v) is 19.5. The molecule has 0 spiro atoms. The first-order chi connectivity index (χ1) is 16.0. The first-order valence-corrected chi connectivity index (χ1v) is 11.6. The van der Waals surface area contributed by atoms with Crippen molar-refractivity contribution < 1.29 is 19.5 Å². The smallest absolute Gasteiger partial charge is 0.244 e. The number of amides is 2. The van der Waals surface area contributed by atoms with Gasteiger partial charge in [-0.1, -0.05) is 18.2 Å². The molecule has 1 aliphatic heterocycles. The van der Waals surface area contributed by atoms with Crippen LogP contribution in [0.15, 0.2) is 42.6 Å². The number of nitrogens with one attached hydrogen (secondary N) is 1. The van der Waals surface area contributed by atoms with Crippen LogP contribution in [-0.4, -0.2) is 59.7 Å². The summed E-state index contributed by atoms with van der Waals surface area (Å²) in [5.74, 6) is 0.746. The molecule has 178 valence electrons. The van der Waals surface area contributed by atoms with Gasteiger partial charge in [-0.15, -0.1) is 0 Å². The number of carbonyl (C=O) groups excluding carboxylic acids is 2. The number of hydroxylamine groups is 1. The zero-order valence-electron chi connectivity index (χ0n) is 19.5. The number of ether oxygens (including phenoxy) is 1. The molecule has 3 rings (SSSR count). The van der Waals surface area contributed by atoms with Crippen LogP contribution >= 0.6 is 0 Å². The lowest BCUT2D eigenvalue weighted by molar-refractivity contribution is -0.141. The van der Waals surface area contributed by atoms with Crippen LogP contribution in [0.25, 0.3) is 0 Å². The SMILES string of the molecule is CCOc1ccc(CCCC(CC(=O)NO)C(=O)N2CCN(c3ccc(C)cn3)CC2)cc1. The van der Waals surface area contributed by atoms with Gasteiger partial charge in [0, 0.05) is 44.7 Å². The van der Waals surface area contributed by atoms with Gasteiger partial charge in [-0.3, -0.25) is 14.8 Å². The third-order valence-electron chi connectivity index (χ3n) is 5.97. The monoisotopic (exact) mass is 454 g/mol. The van der Waals surface area contributed by atoms with Gasteiger partial charge in [0.05, 0.1) is 6.61 Å². The molecule has 0 aliphatic carbocycles. The fraction of sp³-hybridized carbons (Fsp3) is 0.480. The number of benzene rings is 1. The first-order valence-electron chi connectivity index (χ1n) is 11.6. The average molecular weight is 455 g/mol. The van der Waals surface area contributed by atoms with Gasteiger partial charge in [-0.25, -0.2) is 10.5 Å². The van der Waals surface area contributed by atoms with E-state index in [1.807, 2.05) is 61.3 Å². The Morgan fingerprint density at radius 1 is 1.12 bits per heavy atom. The number of hydrogen-bond donors (Lipinski definition) is 2. The summed E-state index contributed by atoms with van der Waals surface area (Å²) in [7, 11) is 0. The highest BCUT2D eigenvalue weighted by Gasteiger charge is 2.29. The Morgan fingerprint density at radius 2 is 1.85 bits per heavy atom. The molecule has 2 heterocycles. The number of nitrogens with zero attached hydrogens (tertiary/aromatic N) is 3. The Bertz CT molecular complexity index is 894. The number of pyridine rings is 1. The van der Waals surface area contributed by atoms with E-state index in [2.05, 4.69) is 9.88 Å². The van der Waals surface area contributed by atoms with Crippen LogP contribution in [0.1, 0.15) is 37.3 Å². The van der Waals surface area contributed by atoms with Crippen LogP contribution in [0.3, 0.4) is 0 Å². The number of rotatable bonds is 10. The maximum Gasteiger partial charge on any atom is 0.244 e. The number of hydrogen-bond acceptors (Lipinski definition) is 6. The summed E-state index contributed by atoms with van der Waals surface area (Å²) in [6, 6.07) is 12.0. The Labute approximate surface area is 195 Å². The van der Waals surface area contributed by atoms with Gasteiger partial charge in [-0.05, 0) is 62.4 Å². The van der Waals surface area contributed by atoms with Crippen molar-refractivity contribution in [2.45, 2.75) is 39.5 Å². The van der Waals surface area contributed by atoms with Gasteiger partial charge >= 0.3 is 0 Å². The minimum Gasteiger partial charge on any atom is -0.494 e. The predicted molar refractivity (Wildman–Crippen MR) is 126 cm³/mol. The van der Waals surface area contributed by atoms with E-state index in [9.17, 15) is 9.59 Å². The maximum absolute atomic E-state index is 13.2. The number of aryl methyl sites for hydroxylation is 2. The lowest BCUT2D eigenvalue weighted by Gasteiger charge is -2.37. The minimum absolute atomic E-state index is 0.0155. The number of piperazine rings is 1. The maximum atomic E-state index is 13.2. The summed E-state index contributed by atoms with van der Waals surface area (Å²) in [5, 5.41) is 8.98. The first kappa shape index (κ1) is 24.5. The van der Waals surface area contributed by atoms with Crippen LogP contribution in [0.5, 0.6) is 5.75 Å². The van der Waals surface area contributed by atoms with Crippen molar-refractivity contribution in [3.8, 4) is 5.75 Å². The Balaban J connectivity index is 1.54. The molecule has 2 aromatic rings. The quantitative estimate of drug-likeness (QED) is 0.423. The van der Waals surface area contributed by atoms with E-state index in [1.54, 1.807) is 5.48 Å². The van der Waals surface area contributed by atoms with E-state index in [1.165, 1.54) is 0 Å². The van der Waals surface area contributed by atoms with Crippen LogP contribution in [0, 0.1) is 12.8 Å². The summed E-state index contributed by atoms with van der Waals surface area (Å²) in [6.07, 6.45) is 4.00. The Morgan fingerprint density at radius 3 is 2.45 bits per heavy atom. The normalized spacial score (nSPS) is 14.6. The molecule has 2 amide bonds. The largest absolute Gasteiger partial charge is 0.494 e. The summed E-state index contributed by atoms with van der Waals surface area (Å²) >= 11 is 0. The molecular weight excluding hydrogens is 420 g/mol. The van der Waals surface area contributed by atoms with E-state index in [4.69, 9.17) is 9.94 Å². The van der Waals surface area contributed by atoms with E-state index >= 15 is 0 Å². The van der Waals surface area contributed by atoms with Crippen LogP contribution in [0.4, 0.5) is 5.82 Å². The van der Waals surface area contributed by atoms with Gasteiger partial charge in [0.25, 0.3) is 0 Å². The molecule has 8 heteroatoms. The highest BCUT2D eigenvalue weighted by Crippen LogP contribution is 2.21. The number of anilines is 1. The molecule has 1 aliphatic rings. The molecule has 8 nitrogen and oxygen atoms in total. The van der Waals surface area contributed by atoms with Crippen molar-refractivity contribution in [3.63, 3.8) is 0 Å². The van der Waals surface area contributed by atoms with Gasteiger partial charge in [0.15, 0.2) is 0 Å². The molecule has 0 bridgehead atoms. The average Bonchev–Trinajstić information content (AvgIpc) is 2.84. The number of aromatic nitrogens is 1. The molecule has 0 saturated carbocycles.